The van der Waals surface area contributed by atoms with Crippen molar-refractivity contribution in [3.63, 3.8) is 0 Å². The molecule has 1 N–H and O–H groups in total. The van der Waals surface area contributed by atoms with Crippen LogP contribution in [-0.4, -0.2) is 24.7 Å². The van der Waals surface area contributed by atoms with Crippen molar-refractivity contribution < 1.29 is 8.42 Å². The van der Waals surface area contributed by atoms with Crippen molar-refractivity contribution >= 4 is 37.3 Å². The molecule has 0 aliphatic rings. The molecule has 0 radical (unpaired) electrons. The summed E-state index contributed by atoms with van der Waals surface area (Å²) in [4.78, 5) is 2.52. The van der Waals surface area contributed by atoms with Crippen LogP contribution in [0.5, 0.6) is 0 Å². The largest absolute Gasteiger partial charge is 0.275 e. The zero-order chi connectivity index (χ0) is 17.2. The Hall–Kier alpha value is -1.48. The van der Waals surface area contributed by atoms with Gasteiger partial charge < -0.3 is 0 Å². The van der Waals surface area contributed by atoms with Gasteiger partial charge in [0.2, 0.25) is 10.0 Å². The Balaban J connectivity index is 1.63. The second-order valence-corrected chi connectivity index (χ2v) is 9.00. The number of rotatable bonds is 6. The Morgan fingerprint density at radius 2 is 2.04 bits per heavy atom. The van der Waals surface area contributed by atoms with Crippen LogP contribution >= 0.6 is 27.3 Å². The van der Waals surface area contributed by atoms with Gasteiger partial charge >= 0.3 is 0 Å². The number of halogens is 1. The lowest BCUT2D eigenvalue weighted by atomic mass is 10.3. The number of nitrogens with zero attached hydrogens (tertiary/aromatic N) is 2. The number of hydrogen-bond acceptors (Lipinski definition) is 4. The van der Waals surface area contributed by atoms with Gasteiger partial charge in [-0.15, -0.1) is 11.3 Å². The maximum Gasteiger partial charge on any atom is 0.241 e. The Labute approximate surface area is 153 Å². The topological polar surface area (TPSA) is 64.0 Å². The van der Waals surface area contributed by atoms with E-state index in [1.807, 2.05) is 31.6 Å². The van der Waals surface area contributed by atoms with Crippen molar-refractivity contribution in [1.82, 2.24) is 14.5 Å². The molecule has 0 aliphatic heterocycles. The summed E-state index contributed by atoms with van der Waals surface area (Å²) in [6.07, 6.45) is 4.44. The molecule has 126 valence electrons. The predicted molar refractivity (Wildman–Crippen MR) is 99.6 cm³/mol. The molecule has 2 heterocycles. The van der Waals surface area contributed by atoms with Gasteiger partial charge in [-0.2, -0.15) is 5.10 Å². The minimum atomic E-state index is -3.51. The van der Waals surface area contributed by atoms with Crippen LogP contribution in [0.25, 0.3) is 10.4 Å². The molecule has 0 aliphatic carbocycles. The average molecular weight is 426 g/mol. The van der Waals surface area contributed by atoms with E-state index in [0.29, 0.717) is 17.4 Å². The summed E-state index contributed by atoms with van der Waals surface area (Å²) in [5.74, 6) is 0. The summed E-state index contributed by atoms with van der Waals surface area (Å²) in [6.45, 7) is 0.358. The van der Waals surface area contributed by atoms with Crippen molar-refractivity contribution in [2.75, 3.05) is 6.54 Å². The second kappa shape index (κ2) is 7.18. The highest BCUT2D eigenvalue weighted by Gasteiger charge is 2.16. The van der Waals surface area contributed by atoms with Gasteiger partial charge in [-0.1, -0.05) is 12.1 Å². The monoisotopic (exact) mass is 425 g/mol. The summed E-state index contributed by atoms with van der Waals surface area (Å²) < 4.78 is 29.6. The maximum absolute atomic E-state index is 12.3. The predicted octanol–water partition coefficient (Wildman–Crippen LogP) is 3.43. The van der Waals surface area contributed by atoms with Gasteiger partial charge in [-0.3, -0.25) is 4.68 Å². The van der Waals surface area contributed by atoms with Gasteiger partial charge in [-0.25, -0.2) is 13.1 Å². The maximum atomic E-state index is 12.3. The smallest absolute Gasteiger partial charge is 0.241 e. The number of aromatic nitrogens is 2. The van der Waals surface area contributed by atoms with Crippen molar-refractivity contribution in [2.45, 2.75) is 11.3 Å². The molecule has 1 aromatic carbocycles. The van der Waals surface area contributed by atoms with E-state index in [-0.39, 0.29) is 4.90 Å². The third-order valence-corrected chi connectivity index (χ3v) is 7.11. The average Bonchev–Trinajstić information content (AvgIpc) is 3.16. The molecule has 3 aromatic rings. The fourth-order valence-corrected chi connectivity index (χ4v) is 5.28. The molecule has 3 rings (SSSR count). The van der Waals surface area contributed by atoms with E-state index in [0.717, 1.165) is 15.3 Å². The minimum absolute atomic E-state index is 0.257. The summed E-state index contributed by atoms with van der Waals surface area (Å²) >= 11 is 4.93. The van der Waals surface area contributed by atoms with E-state index >= 15 is 0 Å². The van der Waals surface area contributed by atoms with Crippen molar-refractivity contribution in [3.8, 4) is 10.4 Å². The first kappa shape index (κ1) is 17.3. The molecule has 0 unspecified atom stereocenters. The summed E-state index contributed by atoms with van der Waals surface area (Å²) in [7, 11) is -1.63. The number of thiophene rings is 1. The Morgan fingerprint density at radius 1 is 1.25 bits per heavy atom. The van der Waals surface area contributed by atoms with Gasteiger partial charge in [0.1, 0.15) is 0 Å². The van der Waals surface area contributed by atoms with Gasteiger partial charge in [0.25, 0.3) is 0 Å². The zero-order valence-corrected chi connectivity index (χ0v) is 16.2. The number of aryl methyl sites for hydroxylation is 1. The molecule has 0 atom stereocenters. The van der Waals surface area contributed by atoms with E-state index in [2.05, 4.69) is 25.8 Å². The molecule has 24 heavy (non-hydrogen) atoms. The van der Waals surface area contributed by atoms with Crippen LogP contribution in [0.3, 0.4) is 0 Å². The standard InChI is InChI=1S/C16H16BrN3O2S2/c1-20-11-12(10-18-20)15-7-6-13(23-15)8-9-19-24(21,22)16-5-3-2-4-14(16)17/h2-7,10-11,19H,8-9H2,1H3. The van der Waals surface area contributed by atoms with Crippen molar-refractivity contribution in [2.24, 2.45) is 7.05 Å². The van der Waals surface area contributed by atoms with E-state index in [4.69, 9.17) is 0 Å². The highest BCUT2D eigenvalue weighted by Crippen LogP contribution is 2.28. The Bertz CT molecular complexity index is 948. The molecule has 0 spiro atoms. The first-order valence-corrected chi connectivity index (χ1v) is 10.4. The summed E-state index contributed by atoms with van der Waals surface area (Å²) in [5.41, 5.74) is 1.07. The van der Waals surface area contributed by atoms with Gasteiger partial charge in [0, 0.05) is 39.6 Å². The lowest BCUT2D eigenvalue weighted by Crippen LogP contribution is -2.26. The van der Waals surface area contributed by atoms with E-state index in [1.165, 1.54) is 0 Å². The fraction of sp³-hybridized carbons (Fsp3) is 0.188. The number of sulfonamides is 1. The first-order chi connectivity index (χ1) is 11.5. The van der Waals surface area contributed by atoms with Crippen LogP contribution in [0.1, 0.15) is 4.88 Å². The highest BCUT2D eigenvalue weighted by molar-refractivity contribution is 9.10. The molecule has 2 aromatic heterocycles. The summed E-state index contributed by atoms with van der Waals surface area (Å²) in [6, 6.07) is 10.9. The molecule has 0 amide bonds. The van der Waals surface area contributed by atoms with Gasteiger partial charge in [-0.05, 0) is 46.6 Å². The third kappa shape index (κ3) is 3.94. The molecular weight excluding hydrogens is 410 g/mol. The van der Waals surface area contributed by atoms with Crippen molar-refractivity contribution in [1.29, 1.82) is 0 Å². The molecule has 0 saturated carbocycles. The Kier molecular flexibility index (Phi) is 5.19. The fourth-order valence-electron chi connectivity index (χ4n) is 2.26. The molecule has 0 saturated heterocycles. The molecule has 0 fully saturated rings. The van der Waals surface area contributed by atoms with E-state index in [1.54, 1.807) is 40.3 Å². The van der Waals surface area contributed by atoms with Crippen LogP contribution < -0.4 is 4.72 Å². The van der Waals surface area contributed by atoms with Crippen LogP contribution in [0.4, 0.5) is 0 Å². The quantitative estimate of drug-likeness (QED) is 0.657. The molecule has 8 heteroatoms. The number of nitrogens with one attached hydrogen (secondary N) is 1. The number of benzene rings is 1. The van der Waals surface area contributed by atoms with Crippen molar-refractivity contribution in [3.05, 3.63) is 58.1 Å². The third-order valence-electron chi connectivity index (χ3n) is 3.44. The summed E-state index contributed by atoms with van der Waals surface area (Å²) in [5, 5.41) is 4.17. The molecular formula is C16H16BrN3O2S2. The minimum Gasteiger partial charge on any atom is -0.275 e. The number of hydrogen-bond donors (Lipinski definition) is 1. The van der Waals surface area contributed by atoms with Crippen LogP contribution in [0.15, 0.2) is 58.2 Å². The Morgan fingerprint density at radius 3 is 2.75 bits per heavy atom. The lowest BCUT2D eigenvalue weighted by Gasteiger charge is -2.07. The lowest BCUT2D eigenvalue weighted by molar-refractivity contribution is 0.581. The van der Waals surface area contributed by atoms with Crippen LogP contribution in [0.2, 0.25) is 0 Å². The van der Waals surface area contributed by atoms with Crippen LogP contribution in [-0.2, 0) is 23.5 Å². The molecule has 5 nitrogen and oxygen atoms in total. The zero-order valence-electron chi connectivity index (χ0n) is 12.9. The molecule has 0 bridgehead atoms. The van der Waals surface area contributed by atoms with E-state index in [9.17, 15) is 8.42 Å². The normalized spacial score (nSPS) is 11.8. The highest BCUT2D eigenvalue weighted by atomic mass is 79.9. The second-order valence-electron chi connectivity index (χ2n) is 5.25. The van der Waals surface area contributed by atoms with Gasteiger partial charge in [0.15, 0.2) is 0 Å². The van der Waals surface area contributed by atoms with E-state index < -0.39 is 10.0 Å². The SMILES string of the molecule is Cn1cc(-c2ccc(CCNS(=O)(=O)c3ccccc3Br)s2)cn1. The van der Waals surface area contributed by atoms with Crippen LogP contribution in [0, 0.1) is 0 Å². The first-order valence-electron chi connectivity index (χ1n) is 7.27. The van der Waals surface area contributed by atoms with Gasteiger partial charge in [0.05, 0.1) is 11.1 Å².